The van der Waals surface area contributed by atoms with Crippen molar-refractivity contribution >= 4 is 51.0 Å². The molecule has 0 unspecified atom stereocenters. The Kier molecular flexibility index (Phi) is 4.16. The third-order valence-electron chi connectivity index (χ3n) is 4.25. The molecule has 0 saturated carbocycles. The van der Waals surface area contributed by atoms with E-state index in [1.54, 1.807) is 26.2 Å². The largest absolute Gasteiger partial charge is 0.451 e. The lowest BCUT2D eigenvalue weighted by Crippen LogP contribution is -2.21. The van der Waals surface area contributed by atoms with Gasteiger partial charge in [-0.1, -0.05) is 11.6 Å². The molecular formula is C19H16ClN5O2. The molecule has 3 aromatic heterocycles. The van der Waals surface area contributed by atoms with Crippen molar-refractivity contribution in [3.05, 3.63) is 53.1 Å². The number of benzene rings is 1. The van der Waals surface area contributed by atoms with Crippen molar-refractivity contribution < 1.29 is 9.21 Å². The maximum atomic E-state index is 12.3. The third-order valence-corrected chi connectivity index (χ3v) is 4.46. The molecule has 136 valence electrons. The first-order chi connectivity index (χ1) is 12.9. The van der Waals surface area contributed by atoms with Gasteiger partial charge in [0.25, 0.3) is 5.91 Å². The summed E-state index contributed by atoms with van der Waals surface area (Å²) in [5, 5.41) is 4.47. The lowest BCUT2D eigenvalue weighted by Gasteiger charge is -2.08. The molecular weight excluding hydrogens is 366 g/mol. The summed E-state index contributed by atoms with van der Waals surface area (Å²) >= 11 is 6.01. The van der Waals surface area contributed by atoms with Crippen LogP contribution in [0.3, 0.4) is 0 Å². The lowest BCUT2D eigenvalue weighted by molar-refractivity contribution is 0.0798. The number of anilines is 2. The molecule has 0 atom stereocenters. The number of rotatable bonds is 3. The number of nitrogens with one attached hydrogen (secondary N) is 1. The molecule has 27 heavy (non-hydrogen) atoms. The quantitative estimate of drug-likeness (QED) is 0.536. The van der Waals surface area contributed by atoms with Crippen LogP contribution in [-0.2, 0) is 0 Å². The van der Waals surface area contributed by atoms with Gasteiger partial charge in [-0.05, 0) is 37.3 Å². The molecule has 0 radical (unpaired) electrons. The molecule has 4 aromatic rings. The number of carbonyl (C=O) groups is 1. The average molecular weight is 382 g/mol. The minimum Gasteiger partial charge on any atom is -0.451 e. The van der Waals surface area contributed by atoms with Crippen molar-refractivity contribution in [1.82, 2.24) is 19.9 Å². The SMILES string of the molecule is Cc1c(C(=O)N(C)C)oc2ccc(Nc3ncnc4ccc(Cl)nc34)cc12. The summed E-state index contributed by atoms with van der Waals surface area (Å²) in [6, 6.07) is 9.07. The van der Waals surface area contributed by atoms with E-state index in [9.17, 15) is 4.79 Å². The second-order valence-corrected chi connectivity index (χ2v) is 6.70. The molecule has 7 nitrogen and oxygen atoms in total. The zero-order chi connectivity index (χ0) is 19.1. The van der Waals surface area contributed by atoms with Crippen molar-refractivity contribution in [2.75, 3.05) is 19.4 Å². The average Bonchev–Trinajstić information content (AvgIpc) is 2.98. The van der Waals surface area contributed by atoms with Gasteiger partial charge in [0.05, 0.1) is 5.52 Å². The Labute approximate surface area is 160 Å². The molecule has 3 heterocycles. The standard InChI is InChI=1S/C19H16ClN5O2/c1-10-12-8-11(4-6-14(12)27-17(10)19(26)25(2)3)23-18-16-13(21-9-22-18)5-7-15(20)24-16/h4-9H,1-3H3,(H,21,22,23). The molecule has 1 aromatic carbocycles. The number of carbonyl (C=O) groups excluding carboxylic acids is 1. The van der Waals surface area contributed by atoms with E-state index >= 15 is 0 Å². The van der Waals surface area contributed by atoms with Gasteiger partial charge >= 0.3 is 0 Å². The predicted molar refractivity (Wildman–Crippen MR) is 105 cm³/mol. The van der Waals surface area contributed by atoms with E-state index in [-0.39, 0.29) is 5.91 Å². The minimum atomic E-state index is -0.168. The van der Waals surface area contributed by atoms with Crippen molar-refractivity contribution in [1.29, 1.82) is 0 Å². The molecule has 4 rings (SSSR count). The van der Waals surface area contributed by atoms with Crippen LogP contribution in [0, 0.1) is 6.92 Å². The van der Waals surface area contributed by atoms with Crippen LogP contribution in [0.25, 0.3) is 22.0 Å². The summed E-state index contributed by atoms with van der Waals surface area (Å²) in [5.74, 6) is 0.722. The highest BCUT2D eigenvalue weighted by Crippen LogP contribution is 2.30. The van der Waals surface area contributed by atoms with E-state index in [0.29, 0.717) is 33.3 Å². The summed E-state index contributed by atoms with van der Waals surface area (Å²) < 4.78 is 5.74. The molecule has 0 saturated heterocycles. The predicted octanol–water partition coefficient (Wildman–Crippen LogP) is 4.18. The maximum Gasteiger partial charge on any atom is 0.289 e. The van der Waals surface area contributed by atoms with E-state index < -0.39 is 0 Å². The van der Waals surface area contributed by atoms with Gasteiger partial charge in [0.2, 0.25) is 0 Å². The Morgan fingerprint density at radius 3 is 2.78 bits per heavy atom. The minimum absolute atomic E-state index is 0.168. The Hall–Kier alpha value is -3.19. The fourth-order valence-corrected chi connectivity index (χ4v) is 3.00. The number of halogens is 1. The molecule has 8 heteroatoms. The Balaban J connectivity index is 1.76. The molecule has 0 aliphatic rings. The number of fused-ring (bicyclic) bond motifs is 2. The van der Waals surface area contributed by atoms with Crippen molar-refractivity contribution in [3.63, 3.8) is 0 Å². The summed E-state index contributed by atoms with van der Waals surface area (Å²) in [7, 11) is 3.39. The number of pyridine rings is 1. The number of furan rings is 1. The van der Waals surface area contributed by atoms with Crippen LogP contribution in [-0.4, -0.2) is 39.9 Å². The van der Waals surface area contributed by atoms with Crippen LogP contribution < -0.4 is 5.32 Å². The number of hydrogen-bond donors (Lipinski definition) is 1. The van der Waals surface area contributed by atoms with E-state index in [2.05, 4.69) is 20.3 Å². The van der Waals surface area contributed by atoms with E-state index in [0.717, 1.165) is 16.6 Å². The zero-order valence-corrected chi connectivity index (χ0v) is 15.7. The van der Waals surface area contributed by atoms with E-state index in [4.69, 9.17) is 16.0 Å². The van der Waals surface area contributed by atoms with E-state index in [1.165, 1.54) is 11.2 Å². The molecule has 0 spiro atoms. The van der Waals surface area contributed by atoms with Crippen molar-refractivity contribution in [2.24, 2.45) is 0 Å². The topological polar surface area (TPSA) is 84.2 Å². The lowest BCUT2D eigenvalue weighted by atomic mass is 10.1. The van der Waals surface area contributed by atoms with Gasteiger partial charge < -0.3 is 14.6 Å². The van der Waals surface area contributed by atoms with Gasteiger partial charge in [-0.3, -0.25) is 4.79 Å². The van der Waals surface area contributed by atoms with Gasteiger partial charge in [0, 0.05) is 30.7 Å². The normalized spacial score (nSPS) is 11.1. The number of amides is 1. The zero-order valence-electron chi connectivity index (χ0n) is 14.9. The van der Waals surface area contributed by atoms with Gasteiger partial charge in [-0.2, -0.15) is 0 Å². The maximum absolute atomic E-state index is 12.3. The first-order valence-electron chi connectivity index (χ1n) is 8.23. The number of aromatic nitrogens is 3. The molecule has 0 fully saturated rings. The summed E-state index contributed by atoms with van der Waals surface area (Å²) in [6.45, 7) is 1.87. The Morgan fingerprint density at radius 1 is 1.19 bits per heavy atom. The highest BCUT2D eigenvalue weighted by molar-refractivity contribution is 6.29. The number of hydrogen-bond acceptors (Lipinski definition) is 6. The van der Waals surface area contributed by atoms with Crippen LogP contribution in [0.5, 0.6) is 0 Å². The third kappa shape index (κ3) is 3.06. The van der Waals surface area contributed by atoms with Gasteiger partial charge in [0.1, 0.15) is 22.6 Å². The molecule has 0 bridgehead atoms. The van der Waals surface area contributed by atoms with Crippen LogP contribution in [0.4, 0.5) is 11.5 Å². The Morgan fingerprint density at radius 2 is 2.00 bits per heavy atom. The summed E-state index contributed by atoms with van der Waals surface area (Å²) in [4.78, 5) is 26.5. The monoisotopic (exact) mass is 381 g/mol. The van der Waals surface area contributed by atoms with Crippen LogP contribution in [0.15, 0.2) is 41.1 Å². The van der Waals surface area contributed by atoms with Crippen LogP contribution >= 0.6 is 11.6 Å². The molecule has 1 amide bonds. The summed E-state index contributed by atoms with van der Waals surface area (Å²) in [5.41, 5.74) is 3.50. The molecule has 1 N–H and O–H groups in total. The van der Waals surface area contributed by atoms with Crippen molar-refractivity contribution in [2.45, 2.75) is 6.92 Å². The molecule has 0 aliphatic heterocycles. The number of nitrogens with zero attached hydrogens (tertiary/aromatic N) is 4. The highest BCUT2D eigenvalue weighted by atomic mass is 35.5. The van der Waals surface area contributed by atoms with Crippen molar-refractivity contribution in [3.8, 4) is 0 Å². The second kappa shape index (κ2) is 6.51. The van der Waals surface area contributed by atoms with Crippen LogP contribution in [0.1, 0.15) is 16.1 Å². The van der Waals surface area contributed by atoms with Gasteiger partial charge in [0.15, 0.2) is 11.6 Å². The fourth-order valence-electron chi connectivity index (χ4n) is 2.85. The smallest absolute Gasteiger partial charge is 0.289 e. The number of aryl methyl sites for hydroxylation is 1. The highest BCUT2D eigenvalue weighted by Gasteiger charge is 2.19. The van der Waals surface area contributed by atoms with Gasteiger partial charge in [-0.15, -0.1) is 0 Å². The molecule has 0 aliphatic carbocycles. The van der Waals surface area contributed by atoms with E-state index in [1.807, 2.05) is 25.1 Å². The first kappa shape index (κ1) is 17.2. The van der Waals surface area contributed by atoms with Crippen LogP contribution in [0.2, 0.25) is 5.15 Å². The summed E-state index contributed by atoms with van der Waals surface area (Å²) in [6.07, 6.45) is 1.47. The second-order valence-electron chi connectivity index (χ2n) is 6.32. The Bertz CT molecular complexity index is 1190. The van der Waals surface area contributed by atoms with Gasteiger partial charge in [-0.25, -0.2) is 15.0 Å². The fraction of sp³-hybridized carbons (Fsp3) is 0.158. The first-order valence-corrected chi connectivity index (χ1v) is 8.61.